The molecule has 0 aromatic heterocycles. The molecule has 5 aliphatic rings. The molecule has 0 saturated heterocycles. The Morgan fingerprint density at radius 3 is 2.19 bits per heavy atom. The van der Waals surface area contributed by atoms with Gasteiger partial charge in [-0.25, -0.2) is 0 Å². The van der Waals surface area contributed by atoms with Crippen molar-refractivity contribution in [3.63, 3.8) is 0 Å². The van der Waals surface area contributed by atoms with Crippen molar-refractivity contribution in [2.24, 2.45) is 22.2 Å². The van der Waals surface area contributed by atoms with E-state index in [-0.39, 0.29) is 0 Å². The summed E-state index contributed by atoms with van der Waals surface area (Å²) in [6, 6.07) is 0.484. The van der Waals surface area contributed by atoms with E-state index in [1.54, 1.807) is 0 Å². The molecule has 5 aliphatic carbocycles. The van der Waals surface area contributed by atoms with Crippen LogP contribution in [-0.4, -0.2) is 11.9 Å². The number of hydrogen-bond acceptors (Lipinski definition) is 1. The van der Waals surface area contributed by atoms with Crippen molar-refractivity contribution in [3.05, 3.63) is 0 Å². The van der Waals surface area contributed by atoms with Crippen LogP contribution in [0.3, 0.4) is 0 Å². The van der Waals surface area contributed by atoms with E-state index in [9.17, 15) is 4.79 Å². The van der Waals surface area contributed by atoms with Crippen molar-refractivity contribution in [2.75, 3.05) is 0 Å². The normalized spacial score (nSPS) is 48.8. The van der Waals surface area contributed by atoms with Crippen LogP contribution in [0.4, 0.5) is 0 Å². The maximum Gasteiger partial charge on any atom is 0.220 e. The summed E-state index contributed by atoms with van der Waals surface area (Å²) < 4.78 is 0. The number of amides is 1. The van der Waals surface area contributed by atoms with E-state index in [2.05, 4.69) is 19.2 Å². The molecule has 1 N–H and O–H groups in total. The van der Waals surface area contributed by atoms with E-state index < -0.39 is 0 Å². The molecular formula is C19H31NO. The zero-order valence-corrected chi connectivity index (χ0v) is 13.8. The largest absolute Gasteiger partial charge is 0.353 e. The quantitative estimate of drug-likeness (QED) is 0.818. The molecule has 5 saturated carbocycles. The first-order valence-electron chi connectivity index (χ1n) is 9.17. The van der Waals surface area contributed by atoms with Crippen LogP contribution in [0.1, 0.15) is 84.5 Å². The van der Waals surface area contributed by atoms with Crippen LogP contribution in [0.25, 0.3) is 0 Å². The molecule has 5 fully saturated rings. The van der Waals surface area contributed by atoms with Gasteiger partial charge in [-0.3, -0.25) is 4.79 Å². The molecule has 2 heteroatoms. The van der Waals surface area contributed by atoms with Crippen molar-refractivity contribution in [2.45, 2.75) is 90.5 Å². The summed E-state index contributed by atoms with van der Waals surface area (Å²) in [7, 11) is 0. The minimum absolute atomic E-state index is 0.339. The second-order valence-electron chi connectivity index (χ2n) is 9.86. The fourth-order valence-electron chi connectivity index (χ4n) is 7.57. The Bertz CT molecular complexity index is 432. The predicted molar refractivity (Wildman–Crippen MR) is 84.9 cm³/mol. The molecular weight excluding hydrogens is 258 g/mol. The highest BCUT2D eigenvalue weighted by molar-refractivity contribution is 5.77. The predicted octanol–water partition coefficient (Wildman–Crippen LogP) is 4.43. The third kappa shape index (κ3) is 2.53. The molecule has 0 heterocycles. The Balaban J connectivity index is 1.47. The monoisotopic (exact) mass is 289 g/mol. The van der Waals surface area contributed by atoms with Gasteiger partial charge in [-0.1, -0.05) is 26.7 Å². The molecule has 0 aromatic carbocycles. The molecule has 0 aliphatic heterocycles. The summed E-state index contributed by atoms with van der Waals surface area (Å²) in [6.45, 7) is 5.00. The molecule has 0 aromatic rings. The first kappa shape index (κ1) is 14.1. The fraction of sp³-hybridized carbons (Fsp3) is 0.947. The topological polar surface area (TPSA) is 29.1 Å². The van der Waals surface area contributed by atoms with E-state index >= 15 is 0 Å². The van der Waals surface area contributed by atoms with Gasteiger partial charge in [0.15, 0.2) is 0 Å². The third-order valence-electron chi connectivity index (χ3n) is 7.00. The summed E-state index contributed by atoms with van der Waals surface area (Å²) in [5.74, 6) is 1.26. The second-order valence-corrected chi connectivity index (χ2v) is 9.86. The summed E-state index contributed by atoms with van der Waals surface area (Å²) in [5, 5.41) is 3.34. The first-order valence-corrected chi connectivity index (χ1v) is 9.17. The van der Waals surface area contributed by atoms with Gasteiger partial charge in [0, 0.05) is 12.5 Å². The maximum absolute atomic E-state index is 12.6. The number of hydrogen-bond donors (Lipinski definition) is 1. The second kappa shape index (κ2) is 4.49. The highest BCUT2D eigenvalue weighted by Gasteiger charge is 2.60. The molecule has 1 amide bonds. The van der Waals surface area contributed by atoms with Crippen molar-refractivity contribution in [1.82, 2.24) is 5.32 Å². The molecule has 0 radical (unpaired) electrons. The van der Waals surface area contributed by atoms with Crippen LogP contribution in [0.2, 0.25) is 0 Å². The SMILES string of the molecule is CC12CC3CC(C)(C1)CC(CC(=O)NC1CCCC1)(C3)C2. The minimum Gasteiger partial charge on any atom is -0.353 e. The Kier molecular flexibility index (Phi) is 3.01. The number of nitrogens with one attached hydrogen (secondary N) is 1. The number of rotatable bonds is 3. The van der Waals surface area contributed by atoms with E-state index in [0.717, 1.165) is 12.3 Å². The smallest absolute Gasteiger partial charge is 0.220 e. The van der Waals surface area contributed by atoms with Gasteiger partial charge in [-0.05, 0) is 73.5 Å². The number of carbonyl (C=O) groups is 1. The average molecular weight is 289 g/mol. The number of carbonyl (C=O) groups excluding carboxylic acids is 1. The van der Waals surface area contributed by atoms with E-state index in [4.69, 9.17) is 0 Å². The van der Waals surface area contributed by atoms with Gasteiger partial charge in [-0.2, -0.15) is 0 Å². The molecule has 2 atom stereocenters. The molecule has 21 heavy (non-hydrogen) atoms. The average Bonchev–Trinajstić information content (AvgIpc) is 2.74. The highest BCUT2D eigenvalue weighted by Crippen LogP contribution is 2.70. The summed E-state index contributed by atoms with van der Waals surface area (Å²) in [6.07, 6.45) is 14.0. The molecule has 118 valence electrons. The Labute approximate surface area is 129 Å². The highest BCUT2D eigenvalue weighted by atomic mass is 16.1. The fourth-order valence-corrected chi connectivity index (χ4v) is 7.57. The lowest BCUT2D eigenvalue weighted by atomic mass is 9.40. The van der Waals surface area contributed by atoms with Crippen molar-refractivity contribution in [3.8, 4) is 0 Å². The lowest BCUT2D eigenvalue weighted by Gasteiger charge is -2.65. The summed E-state index contributed by atoms with van der Waals surface area (Å²) in [4.78, 5) is 12.6. The van der Waals surface area contributed by atoms with E-state index in [1.165, 1.54) is 64.2 Å². The third-order valence-corrected chi connectivity index (χ3v) is 7.00. The van der Waals surface area contributed by atoms with Crippen molar-refractivity contribution < 1.29 is 4.79 Å². The van der Waals surface area contributed by atoms with Crippen LogP contribution in [-0.2, 0) is 4.79 Å². The van der Waals surface area contributed by atoms with Crippen LogP contribution in [0, 0.1) is 22.2 Å². The van der Waals surface area contributed by atoms with Gasteiger partial charge >= 0.3 is 0 Å². The summed E-state index contributed by atoms with van der Waals surface area (Å²) >= 11 is 0. The molecule has 2 nitrogen and oxygen atoms in total. The van der Waals surface area contributed by atoms with Crippen molar-refractivity contribution >= 4 is 5.91 Å². The van der Waals surface area contributed by atoms with Crippen LogP contribution >= 0.6 is 0 Å². The minimum atomic E-state index is 0.339. The Morgan fingerprint density at radius 1 is 1.00 bits per heavy atom. The van der Waals surface area contributed by atoms with E-state index in [1.807, 2.05) is 0 Å². The van der Waals surface area contributed by atoms with Gasteiger partial charge in [0.1, 0.15) is 0 Å². The lowest BCUT2D eigenvalue weighted by molar-refractivity contribution is -0.156. The molecule has 5 rings (SSSR count). The lowest BCUT2D eigenvalue weighted by Crippen LogP contribution is -2.56. The van der Waals surface area contributed by atoms with Gasteiger partial charge in [0.05, 0.1) is 0 Å². The standard InChI is InChI=1S/C19H31NO/c1-17-7-14-8-18(2,11-17)13-19(9-14,12-17)10-16(21)20-15-5-3-4-6-15/h14-15H,3-13H2,1-2H3,(H,20,21). The Morgan fingerprint density at radius 2 is 1.62 bits per heavy atom. The zero-order valence-electron chi connectivity index (χ0n) is 13.8. The van der Waals surface area contributed by atoms with Gasteiger partial charge in [-0.15, -0.1) is 0 Å². The molecule has 2 unspecified atom stereocenters. The van der Waals surface area contributed by atoms with Crippen molar-refractivity contribution in [1.29, 1.82) is 0 Å². The summed E-state index contributed by atoms with van der Waals surface area (Å²) in [5.41, 5.74) is 1.40. The van der Waals surface area contributed by atoms with Gasteiger partial charge < -0.3 is 5.32 Å². The van der Waals surface area contributed by atoms with Gasteiger partial charge in [0.25, 0.3) is 0 Å². The van der Waals surface area contributed by atoms with Crippen LogP contribution < -0.4 is 5.32 Å². The Hall–Kier alpha value is -0.530. The molecule has 0 spiro atoms. The van der Waals surface area contributed by atoms with E-state index in [0.29, 0.717) is 28.2 Å². The molecule has 4 bridgehead atoms. The first-order chi connectivity index (χ1) is 9.88. The zero-order chi connectivity index (χ0) is 14.7. The van der Waals surface area contributed by atoms with Gasteiger partial charge in [0.2, 0.25) is 5.91 Å². The van der Waals surface area contributed by atoms with Crippen LogP contribution in [0.5, 0.6) is 0 Å². The van der Waals surface area contributed by atoms with Crippen LogP contribution in [0.15, 0.2) is 0 Å². The maximum atomic E-state index is 12.6.